The fraction of sp³-hybridized carbons (Fsp3) is 0.824. The van der Waals surface area contributed by atoms with Crippen molar-refractivity contribution < 1.29 is 4.74 Å². The lowest BCUT2D eigenvalue weighted by Gasteiger charge is -2.30. The van der Waals surface area contributed by atoms with Crippen LogP contribution < -0.4 is 5.32 Å². The second kappa shape index (κ2) is 6.93. The molecule has 1 N–H and O–H groups in total. The maximum atomic E-state index is 6.06. The second-order valence-corrected chi connectivity index (χ2v) is 6.65. The Kier molecular flexibility index (Phi) is 5.44. The molecule has 2 rings (SSSR count). The highest BCUT2D eigenvalue weighted by atomic mass is 16.5. The van der Waals surface area contributed by atoms with E-state index in [1.165, 1.54) is 5.69 Å². The van der Waals surface area contributed by atoms with Gasteiger partial charge >= 0.3 is 0 Å². The molecule has 0 amide bonds. The third-order valence-electron chi connectivity index (χ3n) is 4.97. The fourth-order valence-corrected chi connectivity index (χ4v) is 3.74. The summed E-state index contributed by atoms with van der Waals surface area (Å²) in [5.41, 5.74) is 2.40. The molecule has 1 saturated heterocycles. The number of aromatic nitrogens is 2. The van der Waals surface area contributed by atoms with Gasteiger partial charge in [0.25, 0.3) is 0 Å². The molecule has 5 unspecified atom stereocenters. The molecular formula is C17H31N3O. The van der Waals surface area contributed by atoms with Crippen molar-refractivity contribution >= 4 is 0 Å². The van der Waals surface area contributed by atoms with E-state index in [2.05, 4.69) is 51.1 Å². The third-order valence-corrected chi connectivity index (χ3v) is 4.97. The van der Waals surface area contributed by atoms with Crippen molar-refractivity contribution in [2.45, 2.75) is 65.7 Å². The summed E-state index contributed by atoms with van der Waals surface area (Å²) in [5, 5.41) is 8.24. The van der Waals surface area contributed by atoms with Crippen LogP contribution >= 0.6 is 0 Å². The number of nitrogens with zero attached hydrogens (tertiary/aromatic N) is 2. The van der Waals surface area contributed by atoms with Crippen LogP contribution in [-0.4, -0.2) is 34.6 Å². The van der Waals surface area contributed by atoms with Crippen LogP contribution in [-0.2, 0) is 18.2 Å². The van der Waals surface area contributed by atoms with Gasteiger partial charge in [0.05, 0.1) is 17.9 Å². The number of nitrogens with one attached hydrogen (secondary N) is 1. The smallest absolute Gasteiger partial charge is 0.0597 e. The van der Waals surface area contributed by atoms with Gasteiger partial charge < -0.3 is 10.1 Å². The maximum absolute atomic E-state index is 6.06. The summed E-state index contributed by atoms with van der Waals surface area (Å²) in [5.74, 6) is 1.14. The first-order valence-corrected chi connectivity index (χ1v) is 8.32. The topological polar surface area (TPSA) is 39.1 Å². The number of ether oxygens (including phenoxy) is 1. The van der Waals surface area contributed by atoms with Crippen LogP contribution in [0, 0.1) is 18.8 Å². The number of rotatable bonds is 6. The summed E-state index contributed by atoms with van der Waals surface area (Å²) in [6.45, 7) is 12.1. The lowest BCUT2D eigenvalue weighted by Crippen LogP contribution is -2.44. The molecule has 1 aliphatic rings. The van der Waals surface area contributed by atoms with Crippen molar-refractivity contribution in [2.24, 2.45) is 18.9 Å². The van der Waals surface area contributed by atoms with Gasteiger partial charge in [-0.25, -0.2) is 0 Å². The fourth-order valence-electron chi connectivity index (χ4n) is 3.74. The molecule has 1 aromatic rings. The number of aryl methyl sites for hydroxylation is 2. The monoisotopic (exact) mass is 293 g/mol. The molecule has 2 heterocycles. The van der Waals surface area contributed by atoms with E-state index in [9.17, 15) is 0 Å². The molecule has 0 aliphatic carbocycles. The minimum atomic E-state index is 0.318. The molecule has 1 fully saturated rings. The Morgan fingerprint density at radius 1 is 1.33 bits per heavy atom. The molecule has 5 atom stereocenters. The van der Waals surface area contributed by atoms with Crippen molar-refractivity contribution in [3.05, 3.63) is 17.5 Å². The molecular weight excluding hydrogens is 262 g/mol. The Hall–Kier alpha value is -0.870. The van der Waals surface area contributed by atoms with Gasteiger partial charge in [0, 0.05) is 31.1 Å². The van der Waals surface area contributed by atoms with Crippen LogP contribution in [0.1, 0.15) is 45.5 Å². The first-order chi connectivity index (χ1) is 9.93. The van der Waals surface area contributed by atoms with Gasteiger partial charge in [0.2, 0.25) is 0 Å². The normalized spacial score (nSPS) is 30.8. The van der Waals surface area contributed by atoms with E-state index in [1.807, 2.05) is 11.7 Å². The zero-order valence-corrected chi connectivity index (χ0v) is 14.4. The maximum Gasteiger partial charge on any atom is 0.0597 e. The Morgan fingerprint density at radius 2 is 2.05 bits per heavy atom. The van der Waals surface area contributed by atoms with E-state index in [4.69, 9.17) is 4.74 Å². The van der Waals surface area contributed by atoms with Gasteiger partial charge in [-0.1, -0.05) is 13.8 Å². The van der Waals surface area contributed by atoms with Crippen LogP contribution in [0.5, 0.6) is 0 Å². The highest BCUT2D eigenvalue weighted by Gasteiger charge is 2.41. The molecule has 0 aromatic carbocycles. The summed E-state index contributed by atoms with van der Waals surface area (Å²) in [6, 6.07) is 2.66. The molecule has 0 saturated carbocycles. The van der Waals surface area contributed by atoms with Gasteiger partial charge in [0.15, 0.2) is 0 Å². The van der Waals surface area contributed by atoms with E-state index < -0.39 is 0 Å². The van der Waals surface area contributed by atoms with Crippen LogP contribution in [0.15, 0.2) is 6.07 Å². The van der Waals surface area contributed by atoms with Crippen molar-refractivity contribution in [1.29, 1.82) is 0 Å². The highest BCUT2D eigenvalue weighted by molar-refractivity contribution is 5.11. The van der Waals surface area contributed by atoms with Crippen molar-refractivity contribution in [3.63, 3.8) is 0 Å². The molecule has 0 radical (unpaired) electrons. The third kappa shape index (κ3) is 3.67. The molecule has 120 valence electrons. The van der Waals surface area contributed by atoms with Crippen LogP contribution in [0.25, 0.3) is 0 Å². The van der Waals surface area contributed by atoms with Crippen LogP contribution in [0.2, 0.25) is 0 Å². The lowest BCUT2D eigenvalue weighted by atomic mass is 9.81. The summed E-state index contributed by atoms with van der Waals surface area (Å²) in [4.78, 5) is 0. The Bertz CT molecular complexity index is 457. The van der Waals surface area contributed by atoms with Gasteiger partial charge in [-0.2, -0.15) is 5.10 Å². The van der Waals surface area contributed by atoms with Gasteiger partial charge in [-0.15, -0.1) is 0 Å². The Labute approximate surface area is 129 Å². The van der Waals surface area contributed by atoms with Crippen LogP contribution in [0.3, 0.4) is 0 Å². The Balaban J connectivity index is 2.16. The molecule has 1 aromatic heterocycles. The van der Waals surface area contributed by atoms with E-state index in [0.717, 1.165) is 25.1 Å². The predicted octanol–water partition coefficient (Wildman–Crippen LogP) is 2.70. The summed E-state index contributed by atoms with van der Waals surface area (Å²) >= 11 is 0. The molecule has 1 aliphatic heterocycles. The first kappa shape index (κ1) is 16.5. The van der Waals surface area contributed by atoms with E-state index in [-0.39, 0.29) is 0 Å². The highest BCUT2D eigenvalue weighted by Crippen LogP contribution is 2.35. The second-order valence-electron chi connectivity index (χ2n) is 6.65. The molecule has 4 nitrogen and oxygen atoms in total. The summed E-state index contributed by atoms with van der Waals surface area (Å²) < 4.78 is 8.08. The standard InChI is InChI=1S/C17H31N3O/c1-7-8-18-16(10-15-9-11(2)19-20(15)6)17-12(3)13(4)21-14(17)5/h9,12-14,16-18H,7-8,10H2,1-6H3. The first-order valence-electron chi connectivity index (χ1n) is 8.32. The molecule has 21 heavy (non-hydrogen) atoms. The Morgan fingerprint density at radius 3 is 2.52 bits per heavy atom. The number of hydrogen-bond acceptors (Lipinski definition) is 3. The van der Waals surface area contributed by atoms with E-state index in [1.54, 1.807) is 0 Å². The van der Waals surface area contributed by atoms with Crippen LogP contribution in [0.4, 0.5) is 0 Å². The minimum absolute atomic E-state index is 0.318. The molecule has 0 bridgehead atoms. The summed E-state index contributed by atoms with van der Waals surface area (Å²) in [6.07, 6.45) is 2.85. The number of hydrogen-bond donors (Lipinski definition) is 1. The quantitative estimate of drug-likeness (QED) is 0.876. The molecule has 0 spiro atoms. The van der Waals surface area contributed by atoms with E-state index in [0.29, 0.717) is 30.1 Å². The van der Waals surface area contributed by atoms with Gasteiger partial charge in [-0.05, 0) is 45.7 Å². The van der Waals surface area contributed by atoms with Crippen molar-refractivity contribution in [3.8, 4) is 0 Å². The largest absolute Gasteiger partial charge is 0.375 e. The lowest BCUT2D eigenvalue weighted by molar-refractivity contribution is 0.0475. The minimum Gasteiger partial charge on any atom is -0.375 e. The van der Waals surface area contributed by atoms with Crippen molar-refractivity contribution in [1.82, 2.24) is 15.1 Å². The zero-order valence-electron chi connectivity index (χ0n) is 14.4. The van der Waals surface area contributed by atoms with Gasteiger partial charge in [-0.3, -0.25) is 4.68 Å². The SMILES string of the molecule is CCCNC(Cc1cc(C)nn1C)C1C(C)OC(C)C1C. The average Bonchev–Trinajstić information content (AvgIpc) is 2.85. The summed E-state index contributed by atoms with van der Waals surface area (Å²) in [7, 11) is 2.04. The predicted molar refractivity (Wildman–Crippen MR) is 86.4 cm³/mol. The average molecular weight is 293 g/mol. The van der Waals surface area contributed by atoms with E-state index >= 15 is 0 Å². The van der Waals surface area contributed by atoms with Crippen molar-refractivity contribution in [2.75, 3.05) is 6.54 Å². The molecule has 4 heteroatoms. The van der Waals surface area contributed by atoms with Gasteiger partial charge in [0.1, 0.15) is 0 Å². The zero-order chi connectivity index (χ0) is 15.6.